The second-order valence-electron chi connectivity index (χ2n) is 6.30. The molecule has 1 atom stereocenters. The number of carbonyl (C=O) groups is 2. The highest BCUT2D eigenvalue weighted by Crippen LogP contribution is 2.30. The summed E-state index contributed by atoms with van der Waals surface area (Å²) in [6, 6.07) is 6.88. The molecule has 2 aromatic rings. The summed E-state index contributed by atoms with van der Waals surface area (Å²) in [5.74, 6) is -1.68. The van der Waals surface area contributed by atoms with Crippen LogP contribution in [-0.4, -0.2) is 17.9 Å². The first kappa shape index (κ1) is 22.3. The predicted octanol–water partition coefficient (Wildman–Crippen LogP) is 3.48. The Morgan fingerprint density at radius 2 is 1.45 bits per heavy atom. The van der Waals surface area contributed by atoms with E-state index >= 15 is 0 Å². The molecule has 156 valence electrons. The first-order valence-corrected chi connectivity index (χ1v) is 8.27. The maximum atomic E-state index is 12.7. The molecule has 0 heterocycles. The fraction of sp³-hybridized carbons (Fsp3) is 0.263. The van der Waals surface area contributed by atoms with E-state index in [0.717, 1.165) is 42.5 Å². The van der Waals surface area contributed by atoms with Gasteiger partial charge in [-0.25, -0.2) is 0 Å². The van der Waals surface area contributed by atoms with Crippen molar-refractivity contribution in [3.05, 3.63) is 70.8 Å². The van der Waals surface area contributed by atoms with Gasteiger partial charge in [0.25, 0.3) is 0 Å². The highest BCUT2D eigenvalue weighted by Gasteiger charge is 2.31. The van der Waals surface area contributed by atoms with E-state index in [1.165, 1.54) is 6.07 Å². The van der Waals surface area contributed by atoms with Gasteiger partial charge in [0.15, 0.2) is 0 Å². The topological polar surface area (TPSA) is 72.2 Å². The number of hydrogen-bond donors (Lipinski definition) is 2. The van der Waals surface area contributed by atoms with Crippen LogP contribution in [0, 0.1) is 0 Å². The molecule has 0 aliphatic carbocycles. The molecule has 2 amide bonds. The van der Waals surface area contributed by atoms with Crippen LogP contribution in [0.25, 0.3) is 0 Å². The largest absolute Gasteiger partial charge is 0.416 e. The average Bonchev–Trinajstić information content (AvgIpc) is 2.60. The van der Waals surface area contributed by atoms with Crippen molar-refractivity contribution in [2.45, 2.75) is 31.2 Å². The minimum absolute atomic E-state index is 0.0788. The molecule has 0 saturated carbocycles. The van der Waals surface area contributed by atoms with Gasteiger partial charge in [-0.05, 0) is 29.3 Å². The lowest BCUT2D eigenvalue weighted by Gasteiger charge is -2.16. The zero-order chi connectivity index (χ0) is 21.8. The number of halogens is 6. The number of benzene rings is 2. The zero-order valence-electron chi connectivity index (χ0n) is 14.8. The molecule has 0 aliphatic rings. The van der Waals surface area contributed by atoms with Crippen molar-refractivity contribution in [3.63, 3.8) is 0 Å². The SMILES string of the molecule is NC(=O)[C@H](Cc1ccc(C(F)(F)F)cc1)NC(=O)Cc1cccc(C(F)(F)F)c1. The summed E-state index contributed by atoms with van der Waals surface area (Å²) in [6.45, 7) is 0. The molecule has 0 aliphatic heterocycles. The van der Waals surface area contributed by atoms with Gasteiger partial charge in [-0.1, -0.05) is 30.3 Å². The van der Waals surface area contributed by atoms with Gasteiger partial charge in [0, 0.05) is 6.42 Å². The molecule has 0 aromatic heterocycles. The Balaban J connectivity index is 2.05. The van der Waals surface area contributed by atoms with Crippen LogP contribution in [0.2, 0.25) is 0 Å². The predicted molar refractivity (Wildman–Crippen MR) is 91.4 cm³/mol. The smallest absolute Gasteiger partial charge is 0.368 e. The highest BCUT2D eigenvalue weighted by atomic mass is 19.4. The lowest BCUT2D eigenvalue weighted by atomic mass is 10.0. The third-order valence-corrected chi connectivity index (χ3v) is 4.02. The van der Waals surface area contributed by atoms with Crippen molar-refractivity contribution in [2.24, 2.45) is 5.73 Å². The summed E-state index contributed by atoms with van der Waals surface area (Å²) in [7, 11) is 0. The van der Waals surface area contributed by atoms with Crippen molar-refractivity contribution in [1.82, 2.24) is 5.32 Å². The first-order chi connectivity index (χ1) is 13.4. The standard InChI is InChI=1S/C19H16F6N2O2/c20-18(21,22)13-6-4-11(5-7-13)9-15(17(26)29)27-16(28)10-12-2-1-3-14(8-12)19(23,24)25/h1-8,15H,9-10H2,(H2,26,29)(H,27,28)/t15-/m0/s1. The van der Waals surface area contributed by atoms with Gasteiger partial charge in [-0.15, -0.1) is 0 Å². The average molecular weight is 418 g/mol. The van der Waals surface area contributed by atoms with E-state index in [2.05, 4.69) is 5.32 Å². The Hall–Kier alpha value is -3.04. The van der Waals surface area contributed by atoms with Gasteiger partial charge < -0.3 is 11.1 Å². The van der Waals surface area contributed by atoms with Gasteiger partial charge in [-0.3, -0.25) is 9.59 Å². The number of nitrogens with two attached hydrogens (primary N) is 1. The van der Waals surface area contributed by atoms with Crippen molar-refractivity contribution < 1.29 is 35.9 Å². The number of primary amides is 1. The second kappa shape index (κ2) is 8.54. The number of alkyl halides is 6. The Bertz CT molecular complexity index is 876. The number of hydrogen-bond acceptors (Lipinski definition) is 2. The monoisotopic (exact) mass is 418 g/mol. The number of amides is 2. The first-order valence-electron chi connectivity index (χ1n) is 8.27. The Morgan fingerprint density at radius 1 is 0.862 bits per heavy atom. The zero-order valence-corrected chi connectivity index (χ0v) is 14.8. The summed E-state index contributed by atoms with van der Waals surface area (Å²) in [5.41, 5.74) is 3.84. The van der Waals surface area contributed by atoms with Crippen LogP contribution in [0.3, 0.4) is 0 Å². The maximum absolute atomic E-state index is 12.7. The molecule has 2 aromatic carbocycles. The van der Waals surface area contributed by atoms with Gasteiger partial charge in [-0.2, -0.15) is 26.3 Å². The summed E-state index contributed by atoms with van der Waals surface area (Å²) in [6.07, 6.45) is -9.67. The van der Waals surface area contributed by atoms with Gasteiger partial charge >= 0.3 is 12.4 Å². The summed E-state index contributed by atoms with van der Waals surface area (Å²) in [4.78, 5) is 23.7. The summed E-state index contributed by atoms with van der Waals surface area (Å²) < 4.78 is 76.0. The molecule has 0 saturated heterocycles. The van der Waals surface area contributed by atoms with E-state index in [1.807, 2.05) is 0 Å². The lowest BCUT2D eigenvalue weighted by molar-refractivity contribution is -0.138. The van der Waals surface area contributed by atoms with E-state index in [4.69, 9.17) is 5.73 Å². The Morgan fingerprint density at radius 3 is 1.97 bits per heavy atom. The molecule has 29 heavy (non-hydrogen) atoms. The van der Waals surface area contributed by atoms with Crippen molar-refractivity contribution in [3.8, 4) is 0 Å². The third kappa shape index (κ3) is 6.51. The van der Waals surface area contributed by atoms with Crippen LogP contribution >= 0.6 is 0 Å². The van der Waals surface area contributed by atoms with Crippen LogP contribution in [0.5, 0.6) is 0 Å². The van der Waals surface area contributed by atoms with Crippen LogP contribution in [-0.2, 0) is 34.8 Å². The molecule has 0 radical (unpaired) electrons. The molecular formula is C19H16F6N2O2. The highest BCUT2D eigenvalue weighted by molar-refractivity contribution is 5.87. The summed E-state index contributed by atoms with van der Waals surface area (Å²) in [5, 5.41) is 2.30. The van der Waals surface area contributed by atoms with E-state index in [0.29, 0.717) is 5.56 Å². The number of nitrogens with one attached hydrogen (secondary N) is 1. The normalized spacial score (nSPS) is 13.0. The van der Waals surface area contributed by atoms with Crippen LogP contribution in [0.4, 0.5) is 26.3 Å². The quantitative estimate of drug-likeness (QED) is 0.706. The molecular weight excluding hydrogens is 402 g/mol. The number of carbonyl (C=O) groups excluding carboxylic acids is 2. The van der Waals surface area contributed by atoms with Crippen LogP contribution in [0.1, 0.15) is 22.3 Å². The molecule has 2 rings (SSSR count). The maximum Gasteiger partial charge on any atom is 0.416 e. The second-order valence-corrected chi connectivity index (χ2v) is 6.30. The van der Waals surface area contributed by atoms with Gasteiger partial charge in [0.2, 0.25) is 11.8 Å². The molecule has 0 bridgehead atoms. The van der Waals surface area contributed by atoms with E-state index in [9.17, 15) is 35.9 Å². The lowest BCUT2D eigenvalue weighted by Crippen LogP contribution is -2.46. The van der Waals surface area contributed by atoms with E-state index < -0.39 is 47.8 Å². The van der Waals surface area contributed by atoms with Gasteiger partial charge in [0.05, 0.1) is 17.5 Å². The molecule has 10 heteroatoms. The van der Waals surface area contributed by atoms with Crippen molar-refractivity contribution in [2.75, 3.05) is 0 Å². The minimum Gasteiger partial charge on any atom is -0.368 e. The number of rotatable bonds is 6. The van der Waals surface area contributed by atoms with Crippen LogP contribution in [0.15, 0.2) is 48.5 Å². The third-order valence-electron chi connectivity index (χ3n) is 4.02. The molecule has 0 fully saturated rings. The summed E-state index contributed by atoms with van der Waals surface area (Å²) >= 11 is 0. The fourth-order valence-corrected chi connectivity index (χ4v) is 2.58. The molecule has 0 spiro atoms. The van der Waals surface area contributed by atoms with Crippen molar-refractivity contribution in [1.29, 1.82) is 0 Å². The minimum atomic E-state index is -4.56. The Kier molecular flexibility index (Phi) is 6.55. The molecule has 3 N–H and O–H groups in total. The molecule has 0 unspecified atom stereocenters. The van der Waals surface area contributed by atoms with Gasteiger partial charge in [0.1, 0.15) is 6.04 Å². The fourth-order valence-electron chi connectivity index (χ4n) is 2.58. The van der Waals surface area contributed by atoms with E-state index in [-0.39, 0.29) is 12.0 Å². The van der Waals surface area contributed by atoms with Crippen molar-refractivity contribution >= 4 is 11.8 Å². The van der Waals surface area contributed by atoms with Crippen LogP contribution < -0.4 is 11.1 Å². The Labute approximate surface area is 161 Å². The van der Waals surface area contributed by atoms with E-state index in [1.54, 1.807) is 0 Å². The molecule has 4 nitrogen and oxygen atoms in total.